The molecule has 0 bridgehead atoms. The Morgan fingerprint density at radius 1 is 1.10 bits per heavy atom. The molecule has 0 saturated carbocycles. The molecule has 0 aromatic heterocycles. The molecule has 7 heteroatoms. The van der Waals surface area contributed by atoms with Gasteiger partial charge in [-0.2, -0.15) is 0 Å². The second-order valence-corrected chi connectivity index (χ2v) is 7.69. The van der Waals surface area contributed by atoms with Gasteiger partial charge >= 0.3 is 6.36 Å². The zero-order chi connectivity index (χ0) is 22.7. The monoisotopic (exact) mass is 448 g/mol. The van der Waals surface area contributed by atoms with Crippen molar-refractivity contribution in [3.63, 3.8) is 0 Å². The highest BCUT2D eigenvalue weighted by molar-refractivity contribution is 6.30. The van der Waals surface area contributed by atoms with E-state index in [-0.39, 0.29) is 17.8 Å². The molecule has 1 aliphatic rings. The maximum atomic E-state index is 12.7. The van der Waals surface area contributed by atoms with E-state index in [1.165, 1.54) is 12.1 Å². The molecule has 0 unspecified atom stereocenters. The fourth-order valence-electron chi connectivity index (χ4n) is 3.76. The molecule has 0 aliphatic carbocycles. The summed E-state index contributed by atoms with van der Waals surface area (Å²) in [5.74, 6) is -0.344. The molecule has 0 N–H and O–H groups in total. The van der Waals surface area contributed by atoms with E-state index in [4.69, 9.17) is 17.7 Å². The standard InChI is InChI=1S/C24H21ClF3NO2/c25-20-10-8-17(9-11-20)23-16-30-13-12-29(23)15-19-4-1-2-7-22(19)18-5-3-6-21(14-18)31-24(26,27)28/h1-11,14,23H,12-13,15-16H2/t23-/m0/s1/i5D. The minimum Gasteiger partial charge on any atom is -0.406 e. The Labute approximate surface area is 185 Å². The third-order valence-corrected chi connectivity index (χ3v) is 5.43. The predicted molar refractivity (Wildman–Crippen MR) is 114 cm³/mol. The molecule has 1 fully saturated rings. The molecule has 1 atom stereocenters. The molecule has 4 rings (SSSR count). The minimum atomic E-state index is -4.79. The van der Waals surface area contributed by atoms with E-state index in [2.05, 4.69) is 9.64 Å². The lowest BCUT2D eigenvalue weighted by Gasteiger charge is -2.36. The number of alkyl halides is 3. The van der Waals surface area contributed by atoms with Crippen molar-refractivity contribution in [2.24, 2.45) is 0 Å². The Kier molecular flexibility index (Phi) is 6.11. The summed E-state index contributed by atoms with van der Waals surface area (Å²) in [5, 5.41) is 0.659. The number of halogens is 4. The van der Waals surface area contributed by atoms with Gasteiger partial charge < -0.3 is 9.47 Å². The van der Waals surface area contributed by atoms with Crippen LogP contribution in [0.15, 0.2) is 72.8 Å². The van der Waals surface area contributed by atoms with Gasteiger partial charge in [-0.15, -0.1) is 13.2 Å². The van der Waals surface area contributed by atoms with Crippen molar-refractivity contribution in [1.82, 2.24) is 4.90 Å². The molecule has 31 heavy (non-hydrogen) atoms. The summed E-state index contributed by atoms with van der Waals surface area (Å²) in [5.41, 5.74) is 3.07. The summed E-state index contributed by atoms with van der Waals surface area (Å²) in [6.45, 7) is 2.37. The molecule has 0 spiro atoms. The summed E-state index contributed by atoms with van der Waals surface area (Å²) in [4.78, 5) is 2.27. The molecule has 3 nitrogen and oxygen atoms in total. The normalized spacial score (nSPS) is 17.9. The van der Waals surface area contributed by atoms with Crippen LogP contribution in [0, 0.1) is 0 Å². The molecule has 3 aromatic carbocycles. The second kappa shape index (κ2) is 9.30. The fraction of sp³-hybridized carbons (Fsp3) is 0.250. The molecule has 1 aliphatic heterocycles. The first-order valence-electron chi connectivity index (χ1n) is 10.3. The average molecular weight is 449 g/mol. The molecule has 3 aromatic rings. The zero-order valence-electron chi connectivity index (χ0n) is 17.5. The van der Waals surface area contributed by atoms with Gasteiger partial charge in [-0.1, -0.05) is 60.1 Å². The van der Waals surface area contributed by atoms with Gasteiger partial charge in [-0.25, -0.2) is 0 Å². The van der Waals surface area contributed by atoms with Crippen LogP contribution in [0.5, 0.6) is 5.75 Å². The first-order chi connectivity index (χ1) is 15.3. The first-order valence-corrected chi connectivity index (χ1v) is 10.2. The Morgan fingerprint density at radius 3 is 2.65 bits per heavy atom. The largest absolute Gasteiger partial charge is 0.573 e. The van der Waals surface area contributed by atoms with Gasteiger partial charge in [-0.05, 0) is 46.5 Å². The van der Waals surface area contributed by atoms with E-state index in [9.17, 15) is 13.2 Å². The third-order valence-electron chi connectivity index (χ3n) is 5.18. The highest BCUT2D eigenvalue weighted by Crippen LogP contribution is 2.33. The Hall–Kier alpha value is -2.54. The van der Waals surface area contributed by atoms with Crippen molar-refractivity contribution in [1.29, 1.82) is 0 Å². The van der Waals surface area contributed by atoms with Crippen LogP contribution in [0.4, 0.5) is 13.2 Å². The number of nitrogens with zero attached hydrogens (tertiary/aromatic N) is 1. The van der Waals surface area contributed by atoms with Gasteiger partial charge in [0.15, 0.2) is 0 Å². The lowest BCUT2D eigenvalue weighted by Crippen LogP contribution is -2.39. The maximum absolute atomic E-state index is 12.7. The quantitative estimate of drug-likeness (QED) is 0.446. The van der Waals surface area contributed by atoms with Crippen LogP contribution in [-0.4, -0.2) is 31.0 Å². The van der Waals surface area contributed by atoms with Crippen molar-refractivity contribution < 1.29 is 24.0 Å². The summed E-state index contributed by atoms with van der Waals surface area (Å²) in [6.07, 6.45) is -4.79. The molecular weight excluding hydrogens is 427 g/mol. The number of hydrogen-bond donors (Lipinski definition) is 0. The highest BCUT2D eigenvalue weighted by atomic mass is 35.5. The van der Waals surface area contributed by atoms with E-state index < -0.39 is 6.36 Å². The van der Waals surface area contributed by atoms with Crippen molar-refractivity contribution in [3.05, 3.63) is 88.9 Å². The van der Waals surface area contributed by atoms with Crippen LogP contribution < -0.4 is 4.74 Å². The lowest BCUT2D eigenvalue weighted by molar-refractivity contribution is -0.274. The SMILES string of the molecule is [2H]c1ccc(OC(F)(F)F)cc1-c1ccccc1CN1CCOC[C@H]1c1ccc(Cl)cc1. The number of morpholine rings is 1. The zero-order valence-corrected chi connectivity index (χ0v) is 17.3. The average Bonchev–Trinajstić information content (AvgIpc) is 2.76. The topological polar surface area (TPSA) is 21.7 Å². The van der Waals surface area contributed by atoms with E-state index in [1.54, 1.807) is 0 Å². The van der Waals surface area contributed by atoms with Crippen molar-refractivity contribution in [2.75, 3.05) is 19.8 Å². The molecule has 0 radical (unpaired) electrons. The van der Waals surface area contributed by atoms with Crippen LogP contribution in [0.3, 0.4) is 0 Å². The van der Waals surface area contributed by atoms with Gasteiger partial charge in [0.1, 0.15) is 5.75 Å². The smallest absolute Gasteiger partial charge is 0.406 e. The van der Waals surface area contributed by atoms with E-state index in [0.717, 1.165) is 17.2 Å². The summed E-state index contributed by atoms with van der Waals surface area (Å²) < 4.78 is 56.1. The third kappa shape index (κ3) is 5.58. The van der Waals surface area contributed by atoms with Crippen molar-refractivity contribution >= 4 is 11.6 Å². The van der Waals surface area contributed by atoms with Gasteiger partial charge in [0.2, 0.25) is 0 Å². The van der Waals surface area contributed by atoms with Gasteiger partial charge in [0.25, 0.3) is 0 Å². The van der Waals surface area contributed by atoms with Crippen LogP contribution in [0.1, 0.15) is 18.5 Å². The fourth-order valence-corrected chi connectivity index (χ4v) is 3.88. The maximum Gasteiger partial charge on any atom is 0.573 e. The van der Waals surface area contributed by atoms with Crippen LogP contribution in [0.2, 0.25) is 5.02 Å². The van der Waals surface area contributed by atoms with Crippen molar-refractivity contribution in [2.45, 2.75) is 18.9 Å². The predicted octanol–water partition coefficient (Wildman–Crippen LogP) is 6.48. The highest BCUT2D eigenvalue weighted by Gasteiger charge is 2.31. The van der Waals surface area contributed by atoms with Gasteiger partial charge in [0, 0.05) is 18.1 Å². The summed E-state index contributed by atoms with van der Waals surface area (Å²) >= 11 is 6.03. The van der Waals surface area contributed by atoms with E-state index >= 15 is 0 Å². The van der Waals surface area contributed by atoms with E-state index in [1.807, 2.05) is 48.5 Å². The summed E-state index contributed by atoms with van der Waals surface area (Å²) in [7, 11) is 0. The molecule has 1 heterocycles. The van der Waals surface area contributed by atoms with E-state index in [0.29, 0.717) is 42.5 Å². The number of ether oxygens (including phenoxy) is 2. The van der Waals surface area contributed by atoms with Crippen LogP contribution in [0.25, 0.3) is 11.1 Å². The molecular formula is C24H21ClF3NO2. The van der Waals surface area contributed by atoms with Crippen LogP contribution in [-0.2, 0) is 11.3 Å². The van der Waals surface area contributed by atoms with Crippen molar-refractivity contribution in [3.8, 4) is 16.9 Å². The Bertz CT molecular complexity index is 1080. The Balaban J connectivity index is 1.65. The van der Waals surface area contributed by atoms with Gasteiger partial charge in [0.05, 0.1) is 20.6 Å². The number of benzene rings is 3. The summed E-state index contributed by atoms with van der Waals surface area (Å²) in [6, 6.07) is 19.0. The second-order valence-electron chi connectivity index (χ2n) is 7.26. The Morgan fingerprint density at radius 2 is 1.87 bits per heavy atom. The molecule has 1 saturated heterocycles. The number of rotatable bonds is 5. The molecule has 162 valence electrons. The minimum absolute atomic E-state index is 0.0180. The first kappa shape index (κ1) is 20.4. The molecule has 0 amide bonds. The van der Waals surface area contributed by atoms with Crippen LogP contribution >= 0.6 is 11.6 Å². The van der Waals surface area contributed by atoms with Gasteiger partial charge in [-0.3, -0.25) is 4.90 Å². The number of hydrogen-bond acceptors (Lipinski definition) is 3. The lowest BCUT2D eigenvalue weighted by atomic mass is 9.97.